The lowest BCUT2D eigenvalue weighted by molar-refractivity contribution is -0.123. The molecule has 2 fully saturated rings. The molecule has 2 aliphatic heterocycles. The van der Waals surface area contributed by atoms with Gasteiger partial charge in [0.05, 0.1) is 24.8 Å². The van der Waals surface area contributed by atoms with Crippen molar-refractivity contribution in [3.63, 3.8) is 0 Å². The molecule has 1 aromatic rings. The van der Waals surface area contributed by atoms with E-state index in [4.69, 9.17) is 15.7 Å². The van der Waals surface area contributed by atoms with Gasteiger partial charge in [-0.1, -0.05) is 0 Å². The van der Waals surface area contributed by atoms with Crippen LogP contribution >= 0.6 is 0 Å². The smallest absolute Gasteiger partial charge is 0.234 e. The lowest BCUT2D eigenvalue weighted by atomic mass is 10.1. The Bertz CT molecular complexity index is 701. The van der Waals surface area contributed by atoms with Gasteiger partial charge in [0.25, 0.3) is 0 Å². The Morgan fingerprint density at radius 2 is 1.93 bits per heavy atom. The summed E-state index contributed by atoms with van der Waals surface area (Å²) < 4.78 is 5.77. The van der Waals surface area contributed by atoms with Crippen LogP contribution in [0.4, 0.5) is 0 Å². The van der Waals surface area contributed by atoms with E-state index in [1.807, 2.05) is 26.0 Å². The summed E-state index contributed by atoms with van der Waals surface area (Å²) in [6.45, 7) is 7.80. The molecule has 0 spiro atoms. The first-order valence-electron chi connectivity index (χ1n) is 10.6. The van der Waals surface area contributed by atoms with Crippen LogP contribution in [-0.2, 0) is 4.79 Å². The monoisotopic (exact) mass is 399 g/mol. The second kappa shape index (κ2) is 10.1. The normalized spacial score (nSPS) is 23.0. The summed E-state index contributed by atoms with van der Waals surface area (Å²) >= 11 is 0. The molecule has 0 aliphatic carbocycles. The molecule has 2 bridgehead atoms. The number of nitrogens with two attached hydrogens (primary N) is 1. The molecule has 0 aromatic heterocycles. The molecule has 7 nitrogen and oxygen atoms in total. The van der Waals surface area contributed by atoms with Gasteiger partial charge >= 0.3 is 0 Å². The highest BCUT2D eigenvalue weighted by Crippen LogP contribution is 2.30. The molecule has 3 N–H and O–H groups in total. The summed E-state index contributed by atoms with van der Waals surface area (Å²) in [5.74, 6) is 0.883. The number of likely N-dealkylation sites (tertiary alicyclic amines) is 1. The number of nitriles is 1. The molecule has 158 valence electrons. The van der Waals surface area contributed by atoms with Crippen LogP contribution in [-0.4, -0.2) is 72.7 Å². The Kier molecular flexibility index (Phi) is 7.48. The minimum absolute atomic E-state index is 0.0623. The fourth-order valence-corrected chi connectivity index (χ4v) is 4.39. The molecule has 1 amide bonds. The molecule has 2 heterocycles. The highest BCUT2D eigenvalue weighted by molar-refractivity contribution is 5.78. The maximum atomic E-state index is 12.1. The number of benzene rings is 1. The third-order valence-corrected chi connectivity index (χ3v) is 5.71. The maximum absolute atomic E-state index is 12.1. The Labute approximate surface area is 173 Å². The van der Waals surface area contributed by atoms with E-state index in [1.165, 1.54) is 12.8 Å². The number of carbonyl (C=O) groups is 1. The zero-order chi connectivity index (χ0) is 20.8. The van der Waals surface area contributed by atoms with Gasteiger partial charge in [0.15, 0.2) is 0 Å². The van der Waals surface area contributed by atoms with Gasteiger partial charge in [-0.05, 0) is 57.4 Å². The minimum Gasteiger partial charge on any atom is -0.494 e. The van der Waals surface area contributed by atoms with E-state index in [0.29, 0.717) is 30.8 Å². The molecule has 3 rings (SSSR count). The van der Waals surface area contributed by atoms with E-state index >= 15 is 0 Å². The van der Waals surface area contributed by atoms with E-state index in [1.54, 1.807) is 12.1 Å². The summed E-state index contributed by atoms with van der Waals surface area (Å²) in [6.07, 6.45) is 3.15. The SMILES string of the molecule is CC(C)NC(=O)CN1CC2CCC(C1)N2CC(N)CCOc1ccc(C#N)cc1. The molecule has 1 aromatic carbocycles. The molecule has 0 radical (unpaired) electrons. The fourth-order valence-electron chi connectivity index (χ4n) is 4.39. The van der Waals surface area contributed by atoms with Gasteiger partial charge in [0.1, 0.15) is 5.75 Å². The molecule has 2 saturated heterocycles. The number of piperazine rings is 1. The third kappa shape index (κ3) is 6.17. The number of nitrogens with zero attached hydrogens (tertiary/aromatic N) is 3. The average Bonchev–Trinajstić information content (AvgIpc) is 2.90. The molecular formula is C22H33N5O2. The van der Waals surface area contributed by atoms with Crippen LogP contribution in [0.5, 0.6) is 5.75 Å². The van der Waals surface area contributed by atoms with Crippen LogP contribution in [0.15, 0.2) is 24.3 Å². The highest BCUT2D eigenvalue weighted by atomic mass is 16.5. The van der Waals surface area contributed by atoms with Gasteiger partial charge in [-0.25, -0.2) is 0 Å². The quantitative estimate of drug-likeness (QED) is 0.651. The number of rotatable bonds is 9. The molecule has 0 saturated carbocycles. The van der Waals surface area contributed by atoms with Crippen molar-refractivity contribution >= 4 is 5.91 Å². The van der Waals surface area contributed by atoms with Crippen molar-refractivity contribution in [1.82, 2.24) is 15.1 Å². The fraction of sp³-hybridized carbons (Fsp3) is 0.636. The molecular weight excluding hydrogens is 366 g/mol. The minimum atomic E-state index is 0.0623. The number of ether oxygens (including phenoxy) is 1. The van der Waals surface area contributed by atoms with E-state index < -0.39 is 0 Å². The molecule has 3 atom stereocenters. The van der Waals surface area contributed by atoms with Gasteiger partial charge in [-0.2, -0.15) is 5.26 Å². The standard InChI is InChI=1S/C22H33N5O2/c1-16(2)25-22(28)15-26-13-19-5-6-20(14-26)27(19)12-18(24)9-10-29-21-7-3-17(11-23)4-8-21/h3-4,7-8,16,18-20H,5-6,9-10,12-15,24H2,1-2H3,(H,25,28). The number of hydrogen-bond acceptors (Lipinski definition) is 6. The lowest BCUT2D eigenvalue weighted by Crippen LogP contribution is -2.57. The molecule has 3 unspecified atom stereocenters. The van der Waals surface area contributed by atoms with Gasteiger partial charge in [-0.15, -0.1) is 0 Å². The zero-order valence-electron chi connectivity index (χ0n) is 17.5. The van der Waals surface area contributed by atoms with Crippen molar-refractivity contribution in [2.45, 2.75) is 57.3 Å². The van der Waals surface area contributed by atoms with Crippen molar-refractivity contribution in [3.05, 3.63) is 29.8 Å². The van der Waals surface area contributed by atoms with E-state index in [0.717, 1.165) is 31.8 Å². The summed E-state index contributed by atoms with van der Waals surface area (Å²) in [5, 5.41) is 11.8. The van der Waals surface area contributed by atoms with Gasteiger partial charge in [-0.3, -0.25) is 14.6 Å². The lowest BCUT2D eigenvalue weighted by Gasteiger charge is -2.41. The number of nitrogens with one attached hydrogen (secondary N) is 1. The van der Waals surface area contributed by atoms with Crippen LogP contribution in [0, 0.1) is 11.3 Å². The van der Waals surface area contributed by atoms with Gasteiger partial charge < -0.3 is 15.8 Å². The van der Waals surface area contributed by atoms with Crippen LogP contribution in [0.3, 0.4) is 0 Å². The molecule has 2 aliphatic rings. The van der Waals surface area contributed by atoms with E-state index in [2.05, 4.69) is 21.2 Å². The highest BCUT2D eigenvalue weighted by Gasteiger charge is 2.40. The summed E-state index contributed by atoms with van der Waals surface area (Å²) in [7, 11) is 0. The Balaban J connectivity index is 1.40. The number of fused-ring (bicyclic) bond motifs is 2. The maximum Gasteiger partial charge on any atom is 0.234 e. The van der Waals surface area contributed by atoms with Crippen molar-refractivity contribution in [3.8, 4) is 11.8 Å². The van der Waals surface area contributed by atoms with E-state index in [-0.39, 0.29) is 18.0 Å². The Morgan fingerprint density at radius 3 is 2.52 bits per heavy atom. The number of amides is 1. The first-order chi connectivity index (χ1) is 13.9. The Morgan fingerprint density at radius 1 is 1.28 bits per heavy atom. The van der Waals surface area contributed by atoms with Gasteiger partial charge in [0.2, 0.25) is 5.91 Å². The van der Waals surface area contributed by atoms with Crippen molar-refractivity contribution in [2.24, 2.45) is 5.73 Å². The number of carbonyl (C=O) groups excluding carboxylic acids is 1. The second-order valence-corrected chi connectivity index (χ2v) is 8.53. The third-order valence-electron chi connectivity index (χ3n) is 5.71. The zero-order valence-corrected chi connectivity index (χ0v) is 17.5. The first kappa shape index (κ1) is 21.6. The molecule has 7 heteroatoms. The summed E-state index contributed by atoms with van der Waals surface area (Å²) in [4.78, 5) is 16.9. The summed E-state index contributed by atoms with van der Waals surface area (Å²) in [6, 6.07) is 10.5. The predicted molar refractivity (Wildman–Crippen MR) is 112 cm³/mol. The van der Waals surface area contributed by atoms with Crippen LogP contribution < -0.4 is 15.8 Å². The van der Waals surface area contributed by atoms with Crippen LogP contribution in [0.25, 0.3) is 0 Å². The largest absolute Gasteiger partial charge is 0.494 e. The first-order valence-corrected chi connectivity index (χ1v) is 10.6. The van der Waals surface area contributed by atoms with Crippen molar-refractivity contribution in [2.75, 3.05) is 32.8 Å². The summed E-state index contributed by atoms with van der Waals surface area (Å²) in [5.41, 5.74) is 7.02. The van der Waals surface area contributed by atoms with Crippen molar-refractivity contribution in [1.29, 1.82) is 5.26 Å². The Hall–Kier alpha value is -2.14. The number of hydrogen-bond donors (Lipinski definition) is 2. The van der Waals surface area contributed by atoms with Gasteiger partial charge in [0, 0.05) is 43.8 Å². The topological polar surface area (TPSA) is 94.6 Å². The van der Waals surface area contributed by atoms with Crippen molar-refractivity contribution < 1.29 is 9.53 Å². The average molecular weight is 400 g/mol. The van der Waals surface area contributed by atoms with Crippen LogP contribution in [0.2, 0.25) is 0 Å². The predicted octanol–water partition coefficient (Wildman–Crippen LogP) is 1.33. The van der Waals surface area contributed by atoms with Crippen LogP contribution in [0.1, 0.15) is 38.7 Å². The van der Waals surface area contributed by atoms with E-state index in [9.17, 15) is 4.79 Å². The second-order valence-electron chi connectivity index (χ2n) is 8.53. The molecule has 29 heavy (non-hydrogen) atoms.